The van der Waals surface area contributed by atoms with Crippen molar-refractivity contribution >= 4 is 74.6 Å². The van der Waals surface area contributed by atoms with Gasteiger partial charge in [-0.25, -0.2) is 0 Å². The van der Waals surface area contributed by atoms with Gasteiger partial charge in [0.15, 0.2) is 0 Å². The smallest absolute Gasteiger partial charge is 0.0542 e. The average Bonchev–Trinajstić information content (AvgIpc) is 3.57. The summed E-state index contributed by atoms with van der Waals surface area (Å²) in [4.78, 5) is 2.37. The number of aryl methyl sites for hydroxylation is 1. The van der Waals surface area contributed by atoms with Crippen molar-refractivity contribution in [2.75, 3.05) is 4.90 Å². The maximum Gasteiger partial charge on any atom is 0.0542 e. The highest BCUT2D eigenvalue weighted by molar-refractivity contribution is 6.02. The first-order valence-corrected chi connectivity index (χ1v) is 17.1. The summed E-state index contributed by atoms with van der Waals surface area (Å²) in [7, 11) is 0. The molecule has 244 valence electrons. The summed E-state index contributed by atoms with van der Waals surface area (Å²) in [5.74, 6) is 0. The van der Waals surface area contributed by atoms with Crippen molar-refractivity contribution in [1.82, 2.24) is 9.13 Å². The van der Waals surface area contributed by atoms with Crippen molar-refractivity contribution in [3.8, 4) is 0 Å². The Morgan fingerprint density at radius 3 is 1.67 bits per heavy atom. The molecule has 3 heteroatoms. The Bertz CT molecular complexity index is 2120. The molecule has 0 N–H and O–H groups in total. The van der Waals surface area contributed by atoms with Crippen LogP contribution in [0.2, 0.25) is 0 Å². The number of fused-ring (bicyclic) bond motifs is 2. The van der Waals surface area contributed by atoms with E-state index >= 15 is 0 Å². The number of hydrogen-bond donors (Lipinski definition) is 0. The predicted octanol–water partition coefficient (Wildman–Crippen LogP) is 13.8. The summed E-state index contributed by atoms with van der Waals surface area (Å²) < 4.78 is 4.70. The number of rotatable bonds is 12. The van der Waals surface area contributed by atoms with Gasteiger partial charge in [-0.15, -0.1) is 0 Å². The molecule has 0 aliphatic carbocycles. The van der Waals surface area contributed by atoms with Crippen molar-refractivity contribution in [3.05, 3.63) is 138 Å². The van der Waals surface area contributed by atoms with Crippen LogP contribution in [0.4, 0.5) is 17.1 Å². The second-order valence-electron chi connectivity index (χ2n) is 11.9. The van der Waals surface area contributed by atoms with Crippen LogP contribution >= 0.6 is 0 Å². The topological polar surface area (TPSA) is 13.1 Å². The minimum atomic E-state index is 0.928. The highest BCUT2D eigenvalue weighted by Gasteiger charge is 2.21. The molecular weight excluding hydrogens is 583 g/mol. The van der Waals surface area contributed by atoms with Crippen LogP contribution in [-0.2, 0) is 0 Å². The van der Waals surface area contributed by atoms with E-state index in [0.717, 1.165) is 58.1 Å². The molecule has 2 heterocycles. The van der Waals surface area contributed by atoms with E-state index in [2.05, 4.69) is 185 Å². The lowest BCUT2D eigenvalue weighted by Gasteiger charge is -2.26. The normalized spacial score (nSPS) is 12.8. The van der Waals surface area contributed by atoms with E-state index in [-0.39, 0.29) is 0 Å². The standard InChI is InChI=1S/C45H49N3/c1-10-18-34(19-11-2)48-43(17-8)39(21-13-4)41-31-37(27-29-45(41)48)46(35-24-22-32(9)23-25-35)36-26-28-44-40(30-36)38(20-12-3)42(16-7)47(44)33(14-5)15-6/h10,12-14,16-31H,7-8,11,15H2,1-6,9H3/b18-10-,20-12-,21-13-,33-14+,34-19+. The fraction of sp³-hybridized carbons (Fsp3) is 0.200. The summed E-state index contributed by atoms with van der Waals surface area (Å²) in [6.07, 6.45) is 23.2. The summed E-state index contributed by atoms with van der Waals surface area (Å²) >= 11 is 0. The van der Waals surface area contributed by atoms with Crippen LogP contribution < -0.4 is 4.90 Å². The second kappa shape index (κ2) is 15.1. The van der Waals surface area contributed by atoms with E-state index in [0.29, 0.717) is 0 Å². The molecule has 0 radical (unpaired) electrons. The molecule has 3 aromatic carbocycles. The first-order valence-electron chi connectivity index (χ1n) is 17.1. The average molecular weight is 632 g/mol. The number of aromatic nitrogens is 2. The van der Waals surface area contributed by atoms with Gasteiger partial charge in [0.1, 0.15) is 0 Å². The zero-order chi connectivity index (χ0) is 34.4. The monoisotopic (exact) mass is 631 g/mol. The summed E-state index contributed by atoms with van der Waals surface area (Å²) in [5, 5.41) is 2.38. The van der Waals surface area contributed by atoms with Gasteiger partial charge in [-0.2, -0.15) is 0 Å². The maximum absolute atomic E-state index is 4.25. The van der Waals surface area contributed by atoms with Gasteiger partial charge in [0.25, 0.3) is 0 Å². The largest absolute Gasteiger partial charge is 0.313 e. The van der Waals surface area contributed by atoms with Crippen LogP contribution in [-0.4, -0.2) is 9.13 Å². The Labute approximate surface area is 287 Å². The molecule has 48 heavy (non-hydrogen) atoms. The Balaban J connectivity index is 1.85. The van der Waals surface area contributed by atoms with E-state index < -0.39 is 0 Å². The number of benzene rings is 3. The van der Waals surface area contributed by atoms with Gasteiger partial charge in [-0.05, 0) is 114 Å². The van der Waals surface area contributed by atoms with Crippen LogP contribution in [0.25, 0.3) is 57.5 Å². The van der Waals surface area contributed by atoms with Crippen molar-refractivity contribution < 1.29 is 0 Å². The van der Waals surface area contributed by atoms with Gasteiger partial charge in [-0.1, -0.05) is 87.2 Å². The molecule has 3 nitrogen and oxygen atoms in total. The maximum atomic E-state index is 4.25. The molecule has 0 fully saturated rings. The fourth-order valence-electron chi connectivity index (χ4n) is 6.84. The summed E-state index contributed by atoms with van der Waals surface area (Å²) in [5.41, 5.74) is 13.8. The Morgan fingerprint density at radius 1 is 0.688 bits per heavy atom. The van der Waals surface area contributed by atoms with E-state index in [4.69, 9.17) is 0 Å². The molecule has 0 saturated carbocycles. The number of anilines is 3. The van der Waals surface area contributed by atoms with Crippen LogP contribution in [0.15, 0.2) is 110 Å². The SMILES string of the molecule is C=Cc1c(/C=C\C)c2cc(N(c3ccc(C)cc3)c3ccc4c(c3)c(/C=C\C)c(C=C)n4/C(=C/C)CC)ccc2n1C(/C=C\C)=C/CC. The molecule has 0 amide bonds. The molecular formula is C45H49N3. The molecule has 0 unspecified atom stereocenters. The van der Waals surface area contributed by atoms with Crippen LogP contribution in [0.1, 0.15) is 82.5 Å². The van der Waals surface area contributed by atoms with Crippen LogP contribution in [0, 0.1) is 6.92 Å². The predicted molar refractivity (Wildman–Crippen MR) is 216 cm³/mol. The van der Waals surface area contributed by atoms with Gasteiger partial charge in [0.2, 0.25) is 0 Å². The molecule has 2 aromatic heterocycles. The fourth-order valence-corrected chi connectivity index (χ4v) is 6.84. The summed E-state index contributed by atoms with van der Waals surface area (Å²) in [6, 6.07) is 22.5. The summed E-state index contributed by atoms with van der Waals surface area (Å²) in [6.45, 7) is 23.3. The molecule has 0 spiro atoms. The highest BCUT2D eigenvalue weighted by atomic mass is 15.1. The molecule has 0 aliphatic rings. The van der Waals surface area contributed by atoms with E-state index in [1.165, 1.54) is 33.1 Å². The third-order valence-corrected chi connectivity index (χ3v) is 8.91. The number of nitrogens with zero attached hydrogens (tertiary/aromatic N) is 3. The molecule has 5 aromatic rings. The molecule has 0 bridgehead atoms. The van der Waals surface area contributed by atoms with Gasteiger partial charge in [-0.3, -0.25) is 0 Å². The van der Waals surface area contributed by atoms with Gasteiger partial charge < -0.3 is 14.0 Å². The first kappa shape index (κ1) is 34.1. The lowest BCUT2D eigenvalue weighted by molar-refractivity contribution is 1.03. The minimum absolute atomic E-state index is 0.928. The van der Waals surface area contributed by atoms with Gasteiger partial charge >= 0.3 is 0 Å². The van der Waals surface area contributed by atoms with Gasteiger partial charge in [0, 0.05) is 50.4 Å². The molecule has 0 saturated heterocycles. The first-order chi connectivity index (χ1) is 23.4. The Hall–Kier alpha value is -5.28. The van der Waals surface area contributed by atoms with Gasteiger partial charge in [0.05, 0.1) is 22.4 Å². The second-order valence-corrected chi connectivity index (χ2v) is 11.9. The minimum Gasteiger partial charge on any atom is -0.313 e. The zero-order valence-corrected chi connectivity index (χ0v) is 29.7. The Kier molecular flexibility index (Phi) is 10.7. The molecule has 5 rings (SSSR count). The van der Waals surface area contributed by atoms with Crippen molar-refractivity contribution in [1.29, 1.82) is 0 Å². The molecule has 0 aliphatic heterocycles. The highest BCUT2D eigenvalue weighted by Crippen LogP contribution is 2.42. The Morgan fingerprint density at radius 2 is 1.21 bits per heavy atom. The van der Waals surface area contributed by atoms with E-state index in [1.54, 1.807) is 0 Å². The lowest BCUT2D eigenvalue weighted by Crippen LogP contribution is -2.10. The zero-order valence-electron chi connectivity index (χ0n) is 29.7. The third kappa shape index (κ3) is 6.09. The van der Waals surface area contributed by atoms with E-state index in [1.807, 2.05) is 12.2 Å². The lowest BCUT2D eigenvalue weighted by atomic mass is 10.1. The number of allylic oxidation sites excluding steroid dienone is 8. The number of hydrogen-bond acceptors (Lipinski definition) is 1. The van der Waals surface area contributed by atoms with Crippen molar-refractivity contribution in [2.45, 2.75) is 61.3 Å². The van der Waals surface area contributed by atoms with Crippen LogP contribution in [0.3, 0.4) is 0 Å². The van der Waals surface area contributed by atoms with Crippen molar-refractivity contribution in [2.24, 2.45) is 0 Å². The van der Waals surface area contributed by atoms with E-state index in [9.17, 15) is 0 Å². The molecule has 0 atom stereocenters. The quantitative estimate of drug-likeness (QED) is 0.125. The van der Waals surface area contributed by atoms with Crippen molar-refractivity contribution in [3.63, 3.8) is 0 Å². The third-order valence-electron chi connectivity index (χ3n) is 8.91. The van der Waals surface area contributed by atoms with Crippen LogP contribution in [0.5, 0.6) is 0 Å².